The maximum absolute atomic E-state index is 12.6. The monoisotopic (exact) mass is 449 g/mol. The van der Waals surface area contributed by atoms with Gasteiger partial charge in [0.15, 0.2) is 0 Å². The Morgan fingerprint density at radius 3 is 2.85 bits per heavy atom. The molecule has 10 nitrogen and oxygen atoms in total. The van der Waals surface area contributed by atoms with E-state index in [0.717, 1.165) is 43.5 Å². The van der Waals surface area contributed by atoms with E-state index in [9.17, 15) is 9.59 Å². The van der Waals surface area contributed by atoms with Gasteiger partial charge in [0, 0.05) is 56.7 Å². The number of carbonyl (C=O) groups is 1. The highest BCUT2D eigenvalue weighted by atomic mass is 16.5. The number of fused-ring (bicyclic) bond motifs is 1. The van der Waals surface area contributed by atoms with Gasteiger partial charge in [0.1, 0.15) is 5.65 Å². The smallest absolute Gasteiger partial charge is 0.252 e. The minimum absolute atomic E-state index is 0.0443. The van der Waals surface area contributed by atoms with E-state index in [0.29, 0.717) is 43.2 Å². The fraction of sp³-hybridized carbons (Fsp3) is 0.435. The Morgan fingerprint density at radius 1 is 1.24 bits per heavy atom. The lowest BCUT2D eigenvalue weighted by Gasteiger charge is -2.38. The van der Waals surface area contributed by atoms with E-state index in [4.69, 9.17) is 4.74 Å². The first-order valence-electron chi connectivity index (χ1n) is 11.3. The average molecular weight is 450 g/mol. The summed E-state index contributed by atoms with van der Waals surface area (Å²) < 4.78 is 9.07. The summed E-state index contributed by atoms with van der Waals surface area (Å²) in [4.78, 5) is 35.0. The average Bonchev–Trinajstić information content (AvgIpc) is 3.28. The Bertz CT molecular complexity index is 1220. The van der Waals surface area contributed by atoms with Gasteiger partial charge < -0.3 is 15.0 Å². The van der Waals surface area contributed by atoms with Crippen molar-refractivity contribution in [1.82, 2.24) is 29.2 Å². The molecule has 2 fully saturated rings. The highest BCUT2D eigenvalue weighted by Crippen LogP contribution is 2.23. The number of ether oxygens (including phenoxy) is 1. The van der Waals surface area contributed by atoms with Crippen molar-refractivity contribution in [3.05, 3.63) is 53.7 Å². The van der Waals surface area contributed by atoms with Gasteiger partial charge in [-0.05, 0) is 37.3 Å². The molecule has 0 unspecified atom stereocenters. The molecule has 5 heterocycles. The highest BCUT2D eigenvalue weighted by molar-refractivity contribution is 5.87. The van der Waals surface area contributed by atoms with Gasteiger partial charge in [-0.15, -0.1) is 0 Å². The number of hydrogen-bond acceptors (Lipinski definition) is 7. The molecule has 1 N–H and O–H groups in total. The normalized spacial score (nSPS) is 17.2. The van der Waals surface area contributed by atoms with E-state index < -0.39 is 0 Å². The van der Waals surface area contributed by atoms with Crippen molar-refractivity contribution in [2.45, 2.75) is 31.8 Å². The van der Waals surface area contributed by atoms with Crippen molar-refractivity contribution >= 4 is 28.6 Å². The highest BCUT2D eigenvalue weighted by Gasteiger charge is 2.29. The van der Waals surface area contributed by atoms with Crippen molar-refractivity contribution in [3.63, 3.8) is 0 Å². The number of likely N-dealkylation sites (tertiary alicyclic amines) is 1. The third-order valence-corrected chi connectivity index (χ3v) is 6.35. The molecule has 2 saturated heterocycles. The summed E-state index contributed by atoms with van der Waals surface area (Å²) in [5.41, 5.74) is 1.29. The largest absolute Gasteiger partial charge is 0.381 e. The molecule has 0 spiro atoms. The van der Waals surface area contributed by atoms with Crippen LogP contribution in [-0.4, -0.2) is 61.4 Å². The molecule has 5 rings (SSSR count). The van der Waals surface area contributed by atoms with Crippen LogP contribution in [0.15, 0.2) is 48.2 Å². The van der Waals surface area contributed by atoms with Gasteiger partial charge >= 0.3 is 0 Å². The SMILES string of the molecule is C=CC(=O)N1CC(CCn2c(=O)ccc3cnc(Nc4cnn(C5CCOCC5)c4)nc32)C1. The van der Waals surface area contributed by atoms with Crippen LogP contribution in [-0.2, 0) is 16.1 Å². The molecule has 0 atom stereocenters. The number of nitrogens with zero attached hydrogens (tertiary/aromatic N) is 6. The zero-order valence-corrected chi connectivity index (χ0v) is 18.4. The predicted molar refractivity (Wildman–Crippen MR) is 123 cm³/mol. The number of pyridine rings is 1. The summed E-state index contributed by atoms with van der Waals surface area (Å²) in [6.07, 6.45) is 9.45. The van der Waals surface area contributed by atoms with Crippen LogP contribution in [0, 0.1) is 5.92 Å². The van der Waals surface area contributed by atoms with Crippen molar-refractivity contribution in [2.75, 3.05) is 31.6 Å². The zero-order valence-electron chi connectivity index (χ0n) is 18.4. The summed E-state index contributed by atoms with van der Waals surface area (Å²) in [6, 6.07) is 3.63. The molecule has 2 aliphatic rings. The standard InChI is InChI=1S/C23H27N7O3/c1-2-20(31)28-13-16(14-28)5-8-29-21(32)4-3-17-11-24-23(27-22(17)29)26-18-12-25-30(15-18)19-6-9-33-10-7-19/h2-4,11-12,15-16,19H,1,5-10,13-14H2,(H,24,26,27). The van der Waals surface area contributed by atoms with Crippen LogP contribution in [0.5, 0.6) is 0 Å². The molecule has 2 aliphatic heterocycles. The number of aryl methyl sites for hydroxylation is 1. The molecule has 0 radical (unpaired) electrons. The molecule has 172 valence electrons. The molecule has 0 saturated carbocycles. The minimum Gasteiger partial charge on any atom is -0.381 e. The van der Waals surface area contributed by atoms with E-state index >= 15 is 0 Å². The van der Waals surface area contributed by atoms with Gasteiger partial charge in [-0.3, -0.25) is 18.8 Å². The van der Waals surface area contributed by atoms with E-state index in [1.165, 1.54) is 6.08 Å². The maximum Gasteiger partial charge on any atom is 0.252 e. The molecule has 0 aliphatic carbocycles. The topological polar surface area (TPSA) is 107 Å². The number of amides is 1. The van der Waals surface area contributed by atoms with Crippen LogP contribution in [0.1, 0.15) is 25.3 Å². The van der Waals surface area contributed by atoms with Crippen LogP contribution >= 0.6 is 0 Å². The summed E-state index contributed by atoms with van der Waals surface area (Å²) in [6.45, 7) is 6.96. The van der Waals surface area contributed by atoms with Crippen LogP contribution in [0.25, 0.3) is 11.0 Å². The van der Waals surface area contributed by atoms with Crippen LogP contribution in [0.4, 0.5) is 11.6 Å². The second kappa shape index (κ2) is 9.14. The Morgan fingerprint density at radius 2 is 2.06 bits per heavy atom. The molecule has 1 amide bonds. The fourth-order valence-electron chi connectivity index (χ4n) is 4.40. The summed E-state index contributed by atoms with van der Waals surface area (Å²) >= 11 is 0. The van der Waals surface area contributed by atoms with Crippen LogP contribution in [0.3, 0.4) is 0 Å². The summed E-state index contributed by atoms with van der Waals surface area (Å²) in [5.74, 6) is 0.739. The number of nitrogens with one attached hydrogen (secondary N) is 1. The predicted octanol–water partition coefficient (Wildman–Crippen LogP) is 2.12. The molecule has 10 heteroatoms. The third kappa shape index (κ3) is 4.51. The minimum atomic E-state index is -0.0992. The first-order chi connectivity index (χ1) is 16.1. The molecule has 3 aromatic heterocycles. The Labute approximate surface area is 190 Å². The van der Waals surface area contributed by atoms with E-state index in [2.05, 4.69) is 27.0 Å². The second-order valence-corrected chi connectivity index (χ2v) is 8.58. The maximum atomic E-state index is 12.6. The van der Waals surface area contributed by atoms with Crippen molar-refractivity contribution in [3.8, 4) is 0 Å². The first kappa shape index (κ1) is 21.3. The molecular formula is C23H27N7O3. The van der Waals surface area contributed by atoms with Gasteiger partial charge in [0.25, 0.3) is 5.56 Å². The van der Waals surface area contributed by atoms with E-state index in [1.54, 1.807) is 34.0 Å². The number of aromatic nitrogens is 5. The van der Waals surface area contributed by atoms with E-state index in [-0.39, 0.29) is 11.5 Å². The van der Waals surface area contributed by atoms with Crippen molar-refractivity contribution < 1.29 is 9.53 Å². The summed E-state index contributed by atoms with van der Waals surface area (Å²) in [7, 11) is 0. The Hall–Kier alpha value is -3.53. The third-order valence-electron chi connectivity index (χ3n) is 6.35. The Kier molecular flexibility index (Phi) is 5.91. The zero-order chi connectivity index (χ0) is 22.8. The number of anilines is 2. The molecule has 3 aromatic rings. The Balaban J connectivity index is 1.30. The molecular weight excluding hydrogens is 422 g/mol. The lowest BCUT2D eigenvalue weighted by molar-refractivity contribution is -0.132. The second-order valence-electron chi connectivity index (χ2n) is 8.58. The van der Waals surface area contributed by atoms with Gasteiger partial charge in [-0.1, -0.05) is 6.58 Å². The lowest BCUT2D eigenvalue weighted by Crippen LogP contribution is -2.49. The van der Waals surface area contributed by atoms with Crippen LogP contribution < -0.4 is 10.9 Å². The van der Waals surface area contributed by atoms with Crippen molar-refractivity contribution in [2.24, 2.45) is 5.92 Å². The number of carbonyl (C=O) groups excluding carboxylic acids is 1. The molecule has 0 bridgehead atoms. The van der Waals surface area contributed by atoms with Crippen LogP contribution in [0.2, 0.25) is 0 Å². The quantitative estimate of drug-likeness (QED) is 0.551. The number of hydrogen-bond donors (Lipinski definition) is 1. The summed E-state index contributed by atoms with van der Waals surface area (Å²) in [5, 5.41) is 8.48. The van der Waals surface area contributed by atoms with Gasteiger partial charge in [0.2, 0.25) is 11.9 Å². The lowest BCUT2D eigenvalue weighted by atomic mass is 9.96. The van der Waals surface area contributed by atoms with Gasteiger partial charge in [0.05, 0.1) is 17.9 Å². The fourth-order valence-corrected chi connectivity index (χ4v) is 4.40. The van der Waals surface area contributed by atoms with Gasteiger partial charge in [-0.2, -0.15) is 10.1 Å². The molecule has 33 heavy (non-hydrogen) atoms. The molecule has 0 aromatic carbocycles. The number of rotatable bonds is 7. The van der Waals surface area contributed by atoms with E-state index in [1.807, 2.05) is 10.9 Å². The first-order valence-corrected chi connectivity index (χ1v) is 11.3. The van der Waals surface area contributed by atoms with Gasteiger partial charge in [-0.25, -0.2) is 4.98 Å². The van der Waals surface area contributed by atoms with Crippen molar-refractivity contribution in [1.29, 1.82) is 0 Å².